The summed E-state index contributed by atoms with van der Waals surface area (Å²) in [6.45, 7) is 1.77. The van der Waals surface area contributed by atoms with Crippen LogP contribution in [-0.4, -0.2) is 53.4 Å². The van der Waals surface area contributed by atoms with Gasteiger partial charge >= 0.3 is 5.97 Å². The number of para-hydroxylation sites is 2. The third-order valence-electron chi connectivity index (χ3n) is 7.37. The number of aromatic nitrogens is 2. The second-order valence-electron chi connectivity index (χ2n) is 10.2. The first-order valence-electron chi connectivity index (χ1n) is 13.6. The van der Waals surface area contributed by atoms with Crippen molar-refractivity contribution >= 4 is 23.5 Å². The van der Waals surface area contributed by atoms with E-state index in [1.54, 1.807) is 67.3 Å². The van der Waals surface area contributed by atoms with Crippen molar-refractivity contribution in [3.05, 3.63) is 71.5 Å². The molecule has 1 aliphatic carbocycles. The van der Waals surface area contributed by atoms with Gasteiger partial charge in [0.15, 0.2) is 11.5 Å². The van der Waals surface area contributed by atoms with Crippen LogP contribution in [0.25, 0.3) is 0 Å². The van der Waals surface area contributed by atoms with E-state index in [2.05, 4.69) is 10.4 Å². The highest BCUT2D eigenvalue weighted by atomic mass is 16.6. The molecular formula is C30H34N4O6. The van der Waals surface area contributed by atoms with Crippen LogP contribution in [0.4, 0.5) is 5.69 Å². The fourth-order valence-electron chi connectivity index (χ4n) is 5.41. The minimum atomic E-state index is -1.07. The van der Waals surface area contributed by atoms with Crippen LogP contribution in [0.3, 0.4) is 0 Å². The van der Waals surface area contributed by atoms with Gasteiger partial charge in [-0.2, -0.15) is 5.10 Å². The largest absolute Gasteiger partial charge is 0.485 e. The summed E-state index contributed by atoms with van der Waals surface area (Å²) in [6.07, 6.45) is 5.70. The van der Waals surface area contributed by atoms with Gasteiger partial charge in [-0.3, -0.25) is 19.2 Å². The normalized spacial score (nSPS) is 17.5. The van der Waals surface area contributed by atoms with Gasteiger partial charge in [-0.05, 0) is 50.1 Å². The number of amides is 2. The van der Waals surface area contributed by atoms with Crippen LogP contribution in [0.15, 0.2) is 54.7 Å². The highest BCUT2D eigenvalue weighted by Crippen LogP contribution is 2.35. The number of aryl methyl sites for hydroxylation is 2. The smallest absolute Gasteiger partial charge is 0.337 e. The van der Waals surface area contributed by atoms with Crippen LogP contribution in [0, 0.1) is 6.92 Å². The van der Waals surface area contributed by atoms with Gasteiger partial charge in [-0.25, -0.2) is 4.79 Å². The Kier molecular flexibility index (Phi) is 8.04. The summed E-state index contributed by atoms with van der Waals surface area (Å²) in [5, 5.41) is 7.66. The van der Waals surface area contributed by atoms with E-state index >= 15 is 0 Å². The van der Waals surface area contributed by atoms with Crippen molar-refractivity contribution in [1.29, 1.82) is 0 Å². The van der Waals surface area contributed by atoms with E-state index in [0.717, 1.165) is 32.1 Å². The molecule has 5 rings (SSSR count). The van der Waals surface area contributed by atoms with E-state index in [-0.39, 0.29) is 24.1 Å². The predicted molar refractivity (Wildman–Crippen MR) is 147 cm³/mol. The van der Waals surface area contributed by atoms with E-state index < -0.39 is 24.0 Å². The molecule has 1 aliphatic heterocycles. The highest BCUT2D eigenvalue weighted by Gasteiger charge is 2.41. The Labute approximate surface area is 233 Å². The molecule has 2 aliphatic rings. The summed E-state index contributed by atoms with van der Waals surface area (Å²) in [5.74, 6) is -0.377. The zero-order chi connectivity index (χ0) is 28.2. The number of benzene rings is 2. The summed E-state index contributed by atoms with van der Waals surface area (Å²) in [4.78, 5) is 42.4. The molecule has 0 spiro atoms. The van der Waals surface area contributed by atoms with Crippen LogP contribution in [0.5, 0.6) is 11.5 Å². The molecule has 0 bridgehead atoms. The van der Waals surface area contributed by atoms with Crippen LogP contribution in [-0.2, 0) is 21.4 Å². The van der Waals surface area contributed by atoms with Gasteiger partial charge in [0.25, 0.3) is 5.91 Å². The molecular weight excluding hydrogens is 512 g/mol. The number of hydrogen-bond acceptors (Lipinski definition) is 7. The van der Waals surface area contributed by atoms with E-state index in [1.807, 2.05) is 6.07 Å². The molecule has 0 unspecified atom stereocenters. The van der Waals surface area contributed by atoms with Gasteiger partial charge in [-0.1, -0.05) is 37.5 Å². The predicted octanol–water partition coefficient (Wildman–Crippen LogP) is 3.88. The van der Waals surface area contributed by atoms with E-state index in [1.165, 1.54) is 12.0 Å². The number of methoxy groups -OCH3 is 1. The SMILES string of the molecule is COC(=O)c1cccc(N(C(=O)[C@H]2COc3ccccc3O2)[C@H](C(=O)NC2CCCCC2)c2cn(C)nc2C)c1. The van der Waals surface area contributed by atoms with E-state index in [9.17, 15) is 14.4 Å². The maximum atomic E-state index is 14.4. The summed E-state index contributed by atoms with van der Waals surface area (Å²) in [5.41, 5.74) is 1.78. The Balaban J connectivity index is 1.59. The van der Waals surface area contributed by atoms with Crippen molar-refractivity contribution in [2.45, 2.75) is 57.2 Å². The zero-order valence-electron chi connectivity index (χ0n) is 23.0. The van der Waals surface area contributed by atoms with Crippen molar-refractivity contribution in [3.8, 4) is 11.5 Å². The number of carbonyl (C=O) groups excluding carboxylic acids is 3. The molecule has 0 radical (unpaired) electrons. The van der Waals surface area contributed by atoms with E-state index in [4.69, 9.17) is 14.2 Å². The van der Waals surface area contributed by atoms with Gasteiger partial charge in [0, 0.05) is 30.5 Å². The molecule has 1 saturated carbocycles. The second-order valence-corrected chi connectivity index (χ2v) is 10.2. The number of rotatable bonds is 7. The lowest BCUT2D eigenvalue weighted by Crippen LogP contribution is -2.52. The average molecular weight is 547 g/mol. The van der Waals surface area contributed by atoms with Gasteiger partial charge in [0.1, 0.15) is 12.6 Å². The molecule has 40 heavy (non-hydrogen) atoms. The Hall–Kier alpha value is -4.34. The Bertz CT molecular complexity index is 1400. The van der Waals surface area contributed by atoms with E-state index in [0.29, 0.717) is 28.4 Å². The summed E-state index contributed by atoms with van der Waals surface area (Å²) >= 11 is 0. The van der Waals surface area contributed by atoms with Crippen molar-refractivity contribution in [3.63, 3.8) is 0 Å². The maximum absolute atomic E-state index is 14.4. The highest BCUT2D eigenvalue weighted by molar-refractivity contribution is 6.04. The molecule has 1 N–H and O–H groups in total. The number of esters is 1. The summed E-state index contributed by atoms with van der Waals surface area (Å²) < 4.78 is 18.5. The molecule has 1 aromatic heterocycles. The third-order valence-corrected chi connectivity index (χ3v) is 7.37. The standard InChI is InChI=1S/C30H34N4O6/c1-19-23(17-33(2)32-19)27(28(35)31-21-11-5-4-6-12-21)34(22-13-9-10-20(16-22)30(37)38-3)29(36)26-18-39-24-14-7-8-15-25(24)40-26/h7-10,13-17,21,26-27H,4-6,11-12,18H2,1-3H3,(H,31,35)/t26-,27+/m1/s1. The molecule has 2 heterocycles. The average Bonchev–Trinajstić information content (AvgIpc) is 3.31. The number of nitrogens with one attached hydrogen (secondary N) is 1. The summed E-state index contributed by atoms with van der Waals surface area (Å²) in [6, 6.07) is 12.6. The molecule has 2 aromatic carbocycles. The Morgan fingerprint density at radius 3 is 2.52 bits per heavy atom. The molecule has 10 nitrogen and oxygen atoms in total. The lowest BCUT2D eigenvalue weighted by molar-refractivity contribution is -0.132. The van der Waals surface area contributed by atoms with Crippen LogP contribution in [0.1, 0.15) is 59.8 Å². The third kappa shape index (κ3) is 5.66. The number of anilines is 1. The van der Waals surface area contributed by atoms with Gasteiger partial charge in [0.2, 0.25) is 12.0 Å². The number of ether oxygens (including phenoxy) is 3. The fourth-order valence-corrected chi connectivity index (χ4v) is 5.41. The van der Waals surface area contributed by atoms with Crippen molar-refractivity contribution in [2.75, 3.05) is 18.6 Å². The topological polar surface area (TPSA) is 112 Å². The lowest BCUT2D eigenvalue weighted by Gasteiger charge is -2.36. The van der Waals surface area contributed by atoms with Crippen molar-refractivity contribution < 1.29 is 28.6 Å². The number of hydrogen-bond donors (Lipinski definition) is 1. The Morgan fingerprint density at radius 1 is 1.07 bits per heavy atom. The molecule has 3 aromatic rings. The fraction of sp³-hybridized carbons (Fsp3) is 0.400. The van der Waals surface area contributed by atoms with Crippen LogP contribution >= 0.6 is 0 Å². The van der Waals surface area contributed by atoms with Gasteiger partial charge in [0.05, 0.1) is 18.4 Å². The van der Waals surface area contributed by atoms with Crippen LogP contribution in [0.2, 0.25) is 0 Å². The first-order valence-corrected chi connectivity index (χ1v) is 13.6. The molecule has 2 atom stereocenters. The Morgan fingerprint density at radius 2 is 1.82 bits per heavy atom. The van der Waals surface area contributed by atoms with Crippen molar-refractivity contribution in [2.24, 2.45) is 7.05 Å². The minimum absolute atomic E-state index is 0.0141. The maximum Gasteiger partial charge on any atom is 0.337 e. The quantitative estimate of drug-likeness (QED) is 0.448. The van der Waals surface area contributed by atoms with Gasteiger partial charge in [-0.15, -0.1) is 0 Å². The summed E-state index contributed by atoms with van der Waals surface area (Å²) in [7, 11) is 3.06. The number of fused-ring (bicyclic) bond motifs is 1. The van der Waals surface area contributed by atoms with Crippen molar-refractivity contribution in [1.82, 2.24) is 15.1 Å². The molecule has 10 heteroatoms. The van der Waals surface area contributed by atoms with Gasteiger partial charge < -0.3 is 19.5 Å². The molecule has 0 saturated heterocycles. The van der Waals surface area contributed by atoms with Crippen LogP contribution < -0.4 is 19.7 Å². The number of carbonyl (C=O) groups is 3. The lowest BCUT2D eigenvalue weighted by atomic mass is 9.94. The number of nitrogens with zero attached hydrogens (tertiary/aromatic N) is 3. The molecule has 1 fully saturated rings. The molecule has 2 amide bonds. The first kappa shape index (κ1) is 27.2. The first-order chi connectivity index (χ1) is 19.4. The monoisotopic (exact) mass is 546 g/mol. The minimum Gasteiger partial charge on any atom is -0.485 e. The molecule has 210 valence electrons. The second kappa shape index (κ2) is 11.8. The zero-order valence-corrected chi connectivity index (χ0v) is 23.0.